The van der Waals surface area contributed by atoms with E-state index in [-0.39, 0.29) is 41.0 Å². The average Bonchev–Trinajstić information content (AvgIpc) is 2.72. The Morgan fingerprint density at radius 1 is 1.16 bits per heavy atom. The number of carbonyl (C=O) groups excluding carboxylic acids is 1. The van der Waals surface area contributed by atoms with Gasteiger partial charge in [0, 0.05) is 23.3 Å². The summed E-state index contributed by atoms with van der Waals surface area (Å²) in [6.07, 6.45) is 6.59. The molecule has 0 saturated carbocycles. The number of phenols is 3. The van der Waals surface area contributed by atoms with E-state index in [1.54, 1.807) is 19.2 Å². The summed E-state index contributed by atoms with van der Waals surface area (Å²) >= 11 is 0. The minimum atomic E-state index is -0.787. The molecule has 0 amide bonds. The third-order valence-corrected chi connectivity index (χ3v) is 5.65. The number of fused-ring (bicyclic) bond motifs is 1. The van der Waals surface area contributed by atoms with Crippen LogP contribution in [0.3, 0.4) is 0 Å². The summed E-state index contributed by atoms with van der Waals surface area (Å²) in [4.78, 5) is 13.1. The molecule has 6 nitrogen and oxygen atoms in total. The van der Waals surface area contributed by atoms with E-state index in [0.29, 0.717) is 23.3 Å². The number of allylic oxidation sites excluding steroid dienone is 4. The highest BCUT2D eigenvalue weighted by atomic mass is 16.5. The van der Waals surface area contributed by atoms with Crippen molar-refractivity contribution in [3.8, 4) is 28.7 Å². The SMILES string of the molecule is COc1ccc(C2COc3cc(O)cc(O)c3C2=O)c(O)c1C/C=C(\C)CCC=C(C)C. The summed E-state index contributed by atoms with van der Waals surface area (Å²) in [6.45, 7) is 6.20. The fraction of sp³-hybridized carbons (Fsp3) is 0.346. The summed E-state index contributed by atoms with van der Waals surface area (Å²) in [7, 11) is 1.54. The van der Waals surface area contributed by atoms with Gasteiger partial charge in [-0.3, -0.25) is 4.79 Å². The molecule has 32 heavy (non-hydrogen) atoms. The Morgan fingerprint density at radius 2 is 1.91 bits per heavy atom. The van der Waals surface area contributed by atoms with Gasteiger partial charge in [0.15, 0.2) is 5.78 Å². The van der Waals surface area contributed by atoms with Gasteiger partial charge in [0.05, 0.1) is 13.0 Å². The van der Waals surface area contributed by atoms with Crippen LogP contribution in [0.15, 0.2) is 47.6 Å². The number of ketones is 1. The van der Waals surface area contributed by atoms with E-state index in [1.165, 1.54) is 17.2 Å². The first-order chi connectivity index (χ1) is 15.2. The molecule has 1 atom stereocenters. The van der Waals surface area contributed by atoms with Gasteiger partial charge >= 0.3 is 0 Å². The molecule has 170 valence electrons. The van der Waals surface area contributed by atoms with Gasteiger partial charge < -0.3 is 24.8 Å². The van der Waals surface area contributed by atoms with Crippen LogP contribution < -0.4 is 9.47 Å². The standard InChI is InChI=1S/C26H30O6/c1-15(2)6-5-7-16(3)8-9-19-22(31-4)11-10-18(25(19)29)20-14-32-23-13-17(27)12-21(28)24(23)26(20)30/h6,8,10-13,20,27-29H,5,7,9,14H2,1-4H3/b16-8+. The zero-order valence-electron chi connectivity index (χ0n) is 18.9. The van der Waals surface area contributed by atoms with E-state index < -0.39 is 5.92 Å². The Balaban J connectivity index is 1.91. The maximum Gasteiger partial charge on any atom is 0.181 e. The molecule has 0 aliphatic carbocycles. The Bertz CT molecular complexity index is 1080. The number of hydrogen-bond donors (Lipinski definition) is 3. The Hall–Kier alpha value is -3.41. The third kappa shape index (κ3) is 4.90. The number of aromatic hydroxyl groups is 3. The van der Waals surface area contributed by atoms with Crippen LogP contribution >= 0.6 is 0 Å². The van der Waals surface area contributed by atoms with E-state index in [2.05, 4.69) is 32.9 Å². The Kier molecular flexibility index (Phi) is 7.13. The first-order valence-corrected chi connectivity index (χ1v) is 10.6. The normalized spacial score (nSPS) is 15.7. The topological polar surface area (TPSA) is 96.2 Å². The number of rotatable bonds is 7. The molecule has 2 aromatic rings. The van der Waals surface area contributed by atoms with Crippen LogP contribution in [0.2, 0.25) is 0 Å². The Morgan fingerprint density at radius 3 is 2.59 bits per heavy atom. The highest BCUT2D eigenvalue weighted by Crippen LogP contribution is 2.43. The van der Waals surface area contributed by atoms with Gasteiger partial charge in [-0.2, -0.15) is 0 Å². The highest BCUT2D eigenvalue weighted by Gasteiger charge is 2.35. The zero-order chi connectivity index (χ0) is 23.4. The summed E-state index contributed by atoms with van der Waals surface area (Å²) in [6, 6.07) is 5.78. The predicted octanol–water partition coefficient (Wildman–Crippen LogP) is 5.41. The van der Waals surface area contributed by atoms with Crippen molar-refractivity contribution in [2.45, 2.75) is 46.0 Å². The third-order valence-electron chi connectivity index (χ3n) is 5.65. The van der Waals surface area contributed by atoms with E-state index in [0.717, 1.165) is 18.9 Å². The number of benzene rings is 2. The lowest BCUT2D eigenvalue weighted by Crippen LogP contribution is -2.26. The molecule has 3 rings (SSSR count). The monoisotopic (exact) mass is 438 g/mol. The minimum absolute atomic E-state index is 0.00540. The van der Waals surface area contributed by atoms with Gasteiger partial charge in [-0.1, -0.05) is 29.4 Å². The summed E-state index contributed by atoms with van der Waals surface area (Å²) in [5.74, 6) is -1.04. The van der Waals surface area contributed by atoms with Gasteiger partial charge in [-0.15, -0.1) is 0 Å². The van der Waals surface area contributed by atoms with Gasteiger partial charge in [-0.05, 0) is 46.1 Å². The van der Waals surface area contributed by atoms with Crippen molar-refractivity contribution in [1.82, 2.24) is 0 Å². The minimum Gasteiger partial charge on any atom is -0.508 e. The second-order valence-corrected chi connectivity index (χ2v) is 8.32. The Labute approximate surface area is 188 Å². The number of Topliss-reactive ketones (excluding diaryl/α,β-unsaturated/α-hetero) is 1. The lowest BCUT2D eigenvalue weighted by atomic mass is 9.86. The molecule has 0 radical (unpaired) electrons. The van der Waals surface area contributed by atoms with Crippen LogP contribution in [-0.4, -0.2) is 34.8 Å². The molecule has 2 aromatic carbocycles. The van der Waals surface area contributed by atoms with Crippen molar-refractivity contribution in [3.05, 3.63) is 64.3 Å². The molecular formula is C26H30O6. The lowest BCUT2D eigenvalue weighted by molar-refractivity contribution is 0.0890. The first kappa shape index (κ1) is 23.3. The molecule has 0 saturated heterocycles. The van der Waals surface area contributed by atoms with E-state index in [1.807, 2.05) is 0 Å². The summed E-state index contributed by atoms with van der Waals surface area (Å²) in [5.41, 5.74) is 3.50. The number of methoxy groups -OCH3 is 1. The van der Waals surface area contributed by atoms with Crippen molar-refractivity contribution in [1.29, 1.82) is 0 Å². The maximum atomic E-state index is 13.1. The molecule has 1 heterocycles. The molecule has 3 N–H and O–H groups in total. The average molecular weight is 439 g/mol. The van der Waals surface area contributed by atoms with Gasteiger partial charge in [0.2, 0.25) is 0 Å². The maximum absolute atomic E-state index is 13.1. The first-order valence-electron chi connectivity index (χ1n) is 10.6. The molecule has 1 aliphatic heterocycles. The predicted molar refractivity (Wildman–Crippen MR) is 123 cm³/mol. The second kappa shape index (κ2) is 9.81. The molecule has 1 unspecified atom stereocenters. The highest BCUT2D eigenvalue weighted by molar-refractivity contribution is 6.07. The summed E-state index contributed by atoms with van der Waals surface area (Å²) in [5, 5.41) is 30.9. The van der Waals surface area contributed by atoms with Crippen LogP contribution in [-0.2, 0) is 6.42 Å². The molecular weight excluding hydrogens is 408 g/mol. The van der Waals surface area contributed by atoms with E-state index >= 15 is 0 Å². The quantitative estimate of drug-likeness (QED) is 0.501. The van der Waals surface area contributed by atoms with Crippen LogP contribution in [0.4, 0.5) is 0 Å². The zero-order valence-corrected chi connectivity index (χ0v) is 18.9. The molecule has 0 bridgehead atoms. The van der Waals surface area contributed by atoms with Crippen molar-refractivity contribution in [2.24, 2.45) is 0 Å². The number of ether oxygens (including phenoxy) is 2. The number of carbonyl (C=O) groups is 1. The summed E-state index contributed by atoms with van der Waals surface area (Å²) < 4.78 is 11.1. The van der Waals surface area contributed by atoms with Crippen molar-refractivity contribution < 1.29 is 29.6 Å². The molecule has 0 spiro atoms. The molecule has 0 aromatic heterocycles. The van der Waals surface area contributed by atoms with E-state index in [4.69, 9.17) is 9.47 Å². The lowest BCUT2D eigenvalue weighted by Gasteiger charge is -2.26. The largest absolute Gasteiger partial charge is 0.508 e. The van der Waals surface area contributed by atoms with Crippen LogP contribution in [0, 0.1) is 0 Å². The van der Waals surface area contributed by atoms with E-state index in [9.17, 15) is 20.1 Å². The van der Waals surface area contributed by atoms with Crippen LogP contribution in [0.1, 0.15) is 61.0 Å². The van der Waals surface area contributed by atoms with Crippen LogP contribution in [0.25, 0.3) is 0 Å². The van der Waals surface area contributed by atoms with Crippen LogP contribution in [0.5, 0.6) is 28.7 Å². The van der Waals surface area contributed by atoms with Gasteiger partial charge in [0.25, 0.3) is 0 Å². The number of hydrogen-bond acceptors (Lipinski definition) is 6. The van der Waals surface area contributed by atoms with Crippen molar-refractivity contribution in [2.75, 3.05) is 13.7 Å². The van der Waals surface area contributed by atoms with Gasteiger partial charge in [0.1, 0.15) is 40.9 Å². The van der Waals surface area contributed by atoms with Crippen molar-refractivity contribution in [3.63, 3.8) is 0 Å². The molecule has 6 heteroatoms. The fourth-order valence-corrected chi connectivity index (χ4v) is 3.87. The molecule has 0 fully saturated rings. The second-order valence-electron chi connectivity index (χ2n) is 8.32. The number of phenolic OH excluding ortho intramolecular Hbond substituents is 3. The fourth-order valence-electron chi connectivity index (χ4n) is 3.87. The molecule has 1 aliphatic rings. The van der Waals surface area contributed by atoms with Gasteiger partial charge in [-0.25, -0.2) is 0 Å². The smallest absolute Gasteiger partial charge is 0.181 e. The van der Waals surface area contributed by atoms with Crippen molar-refractivity contribution >= 4 is 5.78 Å².